The summed E-state index contributed by atoms with van der Waals surface area (Å²) in [4.78, 5) is 30.4. The molecular formula is C20H26N6O2. The largest absolute Gasteiger partial charge is 0.360 e. The van der Waals surface area contributed by atoms with Gasteiger partial charge in [0, 0.05) is 32.0 Å². The molecule has 0 radical (unpaired) electrons. The minimum absolute atomic E-state index is 0.0195. The van der Waals surface area contributed by atoms with Gasteiger partial charge in [0.1, 0.15) is 0 Å². The molecule has 2 amide bonds. The fraction of sp³-hybridized carbons (Fsp3) is 0.400. The number of hydrogen-bond donors (Lipinski definition) is 4. The Morgan fingerprint density at radius 1 is 1.32 bits per heavy atom. The number of carbonyl (C=O) groups is 2. The van der Waals surface area contributed by atoms with Crippen molar-refractivity contribution in [3.63, 3.8) is 0 Å². The van der Waals surface area contributed by atoms with E-state index in [-0.39, 0.29) is 29.1 Å². The van der Waals surface area contributed by atoms with Gasteiger partial charge in [-0.1, -0.05) is 17.7 Å². The van der Waals surface area contributed by atoms with Crippen LogP contribution in [0.25, 0.3) is 0 Å². The van der Waals surface area contributed by atoms with Crippen LogP contribution >= 0.6 is 0 Å². The third-order valence-electron chi connectivity index (χ3n) is 5.09. The summed E-state index contributed by atoms with van der Waals surface area (Å²) in [7, 11) is 1.61. The first-order chi connectivity index (χ1) is 13.3. The van der Waals surface area contributed by atoms with Crippen molar-refractivity contribution in [2.24, 2.45) is 10.9 Å². The molecule has 0 aromatic heterocycles. The van der Waals surface area contributed by atoms with Gasteiger partial charge in [0.15, 0.2) is 5.84 Å². The lowest BCUT2D eigenvalue weighted by molar-refractivity contribution is -0.124. The van der Waals surface area contributed by atoms with Crippen LogP contribution in [0.1, 0.15) is 23.1 Å². The van der Waals surface area contributed by atoms with Crippen LogP contribution in [0.3, 0.4) is 0 Å². The molecule has 1 aromatic carbocycles. The number of guanidine groups is 1. The molecule has 1 fully saturated rings. The van der Waals surface area contributed by atoms with Gasteiger partial charge in [0.2, 0.25) is 11.9 Å². The summed E-state index contributed by atoms with van der Waals surface area (Å²) < 4.78 is 0. The Morgan fingerprint density at radius 2 is 2.00 bits per heavy atom. The maximum absolute atomic E-state index is 12.5. The van der Waals surface area contributed by atoms with Crippen LogP contribution in [0, 0.1) is 32.1 Å². The van der Waals surface area contributed by atoms with Gasteiger partial charge in [-0.15, -0.1) is 0 Å². The van der Waals surface area contributed by atoms with E-state index in [1.165, 1.54) is 11.8 Å². The Morgan fingerprint density at radius 3 is 2.61 bits per heavy atom. The molecule has 1 unspecified atom stereocenters. The first kappa shape index (κ1) is 19.6. The van der Waals surface area contributed by atoms with Crippen molar-refractivity contribution in [2.45, 2.75) is 27.2 Å². The minimum Gasteiger partial charge on any atom is -0.360 e. The monoisotopic (exact) mass is 382 g/mol. The summed E-state index contributed by atoms with van der Waals surface area (Å²) in [6, 6.07) is 4.12. The van der Waals surface area contributed by atoms with Crippen molar-refractivity contribution in [1.82, 2.24) is 15.5 Å². The number of aliphatic imine (C=N–C) groups is 1. The van der Waals surface area contributed by atoms with Crippen LogP contribution in [-0.4, -0.2) is 48.6 Å². The number of nitrogens with zero attached hydrogens (tertiary/aromatic N) is 2. The Labute approximate surface area is 164 Å². The molecule has 3 rings (SSSR count). The zero-order chi connectivity index (χ0) is 20.4. The highest BCUT2D eigenvalue weighted by molar-refractivity contribution is 6.28. The molecule has 148 valence electrons. The van der Waals surface area contributed by atoms with Gasteiger partial charge in [-0.2, -0.15) is 4.99 Å². The van der Waals surface area contributed by atoms with Crippen molar-refractivity contribution in [3.05, 3.63) is 40.6 Å². The minimum atomic E-state index is -0.381. The van der Waals surface area contributed by atoms with Gasteiger partial charge in [-0.05, 0) is 38.3 Å². The molecule has 1 saturated heterocycles. The lowest BCUT2D eigenvalue weighted by atomic mass is 10.1. The van der Waals surface area contributed by atoms with Gasteiger partial charge in [-0.25, -0.2) is 0 Å². The average Bonchev–Trinajstić information content (AvgIpc) is 3.12. The number of aryl methyl sites for hydroxylation is 3. The second-order valence-corrected chi connectivity index (χ2v) is 7.26. The van der Waals surface area contributed by atoms with Gasteiger partial charge < -0.3 is 15.5 Å². The zero-order valence-electron chi connectivity index (χ0n) is 16.6. The van der Waals surface area contributed by atoms with Crippen LogP contribution in [0.15, 0.2) is 28.9 Å². The van der Waals surface area contributed by atoms with E-state index in [0.29, 0.717) is 25.5 Å². The summed E-state index contributed by atoms with van der Waals surface area (Å²) in [5.41, 5.74) is 4.40. The summed E-state index contributed by atoms with van der Waals surface area (Å²) in [6.07, 6.45) is 2.22. The summed E-state index contributed by atoms with van der Waals surface area (Å²) in [5.74, 6) is -0.301. The highest BCUT2D eigenvalue weighted by Crippen LogP contribution is 2.23. The Kier molecular flexibility index (Phi) is 5.48. The average molecular weight is 382 g/mol. The Balaban J connectivity index is 1.75. The van der Waals surface area contributed by atoms with Crippen LogP contribution in [0.2, 0.25) is 0 Å². The number of nitrogens with one attached hydrogen (secondary N) is 4. The molecule has 2 aliphatic rings. The second kappa shape index (κ2) is 7.84. The second-order valence-electron chi connectivity index (χ2n) is 7.26. The molecule has 0 bridgehead atoms. The highest BCUT2D eigenvalue weighted by Gasteiger charge is 2.33. The van der Waals surface area contributed by atoms with Gasteiger partial charge >= 0.3 is 0 Å². The molecule has 0 aliphatic carbocycles. The molecule has 8 heteroatoms. The van der Waals surface area contributed by atoms with Gasteiger partial charge in [0.05, 0.1) is 11.5 Å². The smallest absolute Gasteiger partial charge is 0.263 e. The van der Waals surface area contributed by atoms with E-state index in [1.54, 1.807) is 7.05 Å². The first-order valence-electron chi connectivity index (χ1n) is 9.30. The van der Waals surface area contributed by atoms with E-state index in [0.717, 1.165) is 16.8 Å². The normalized spacial score (nSPS) is 20.9. The molecule has 2 aliphatic heterocycles. The van der Waals surface area contributed by atoms with Crippen LogP contribution in [0.5, 0.6) is 0 Å². The molecule has 2 heterocycles. The third-order valence-corrected chi connectivity index (χ3v) is 5.09. The Bertz CT molecular complexity index is 879. The molecule has 1 aromatic rings. The first-order valence-corrected chi connectivity index (χ1v) is 9.30. The predicted molar refractivity (Wildman–Crippen MR) is 109 cm³/mol. The van der Waals surface area contributed by atoms with E-state index in [1.807, 2.05) is 25.7 Å². The topological polar surface area (TPSA) is 110 Å². The van der Waals surface area contributed by atoms with Crippen LogP contribution in [0.4, 0.5) is 5.69 Å². The lowest BCUT2D eigenvalue weighted by Gasteiger charge is -2.24. The quantitative estimate of drug-likeness (QED) is 0.593. The fourth-order valence-electron chi connectivity index (χ4n) is 3.68. The van der Waals surface area contributed by atoms with Crippen molar-refractivity contribution in [3.8, 4) is 0 Å². The van der Waals surface area contributed by atoms with Crippen molar-refractivity contribution >= 4 is 29.3 Å². The van der Waals surface area contributed by atoms with E-state index >= 15 is 0 Å². The number of anilines is 1. The highest BCUT2D eigenvalue weighted by atomic mass is 16.2. The van der Waals surface area contributed by atoms with Crippen LogP contribution < -0.4 is 16.0 Å². The third kappa shape index (κ3) is 3.90. The molecule has 0 spiro atoms. The van der Waals surface area contributed by atoms with Crippen molar-refractivity contribution in [1.29, 1.82) is 5.41 Å². The van der Waals surface area contributed by atoms with Crippen LogP contribution in [-0.2, 0) is 9.59 Å². The summed E-state index contributed by atoms with van der Waals surface area (Å²) in [5, 5.41) is 16.7. The maximum atomic E-state index is 12.5. The van der Waals surface area contributed by atoms with E-state index in [9.17, 15) is 9.59 Å². The summed E-state index contributed by atoms with van der Waals surface area (Å²) >= 11 is 0. The zero-order valence-corrected chi connectivity index (χ0v) is 16.6. The number of likely N-dealkylation sites (tertiary alicyclic amines) is 1. The molecule has 4 N–H and O–H groups in total. The van der Waals surface area contributed by atoms with Crippen molar-refractivity contribution in [2.75, 3.05) is 25.5 Å². The number of rotatable bonds is 3. The number of amides is 2. The Hall–Kier alpha value is -3.16. The predicted octanol–water partition coefficient (Wildman–Crippen LogP) is 1.44. The number of benzene rings is 1. The SMILES string of the molecule is CNC(=O)C1CCN(C2=NC(=N)/C(=C\Nc3c(C)cc(C)cc3C)C(=O)N2)C1. The molecular weight excluding hydrogens is 356 g/mol. The van der Waals surface area contributed by atoms with Gasteiger partial charge in [-0.3, -0.25) is 20.3 Å². The molecule has 0 saturated carbocycles. The standard InChI is InChI=1S/C20H26N6O2/c1-11-7-12(2)16(13(3)8-11)23-9-15-17(21)24-20(25-19(15)28)26-6-5-14(10-26)18(27)22-4/h7-9,14,23H,5-6,10H2,1-4H3,(H,22,27)(H2,21,24,25,28)/b15-9+. The molecule has 1 atom stereocenters. The number of carbonyl (C=O) groups excluding carboxylic acids is 2. The van der Waals surface area contributed by atoms with Crippen molar-refractivity contribution < 1.29 is 9.59 Å². The number of hydrogen-bond acceptors (Lipinski definition) is 5. The van der Waals surface area contributed by atoms with E-state index in [2.05, 4.69) is 33.1 Å². The molecule has 28 heavy (non-hydrogen) atoms. The number of amidine groups is 1. The van der Waals surface area contributed by atoms with E-state index in [4.69, 9.17) is 5.41 Å². The fourth-order valence-corrected chi connectivity index (χ4v) is 3.68. The summed E-state index contributed by atoms with van der Waals surface area (Å²) in [6.45, 7) is 7.13. The lowest BCUT2D eigenvalue weighted by Crippen LogP contribution is -2.48. The maximum Gasteiger partial charge on any atom is 0.263 e. The van der Waals surface area contributed by atoms with Gasteiger partial charge in [0.25, 0.3) is 5.91 Å². The molecule has 8 nitrogen and oxygen atoms in total. The van der Waals surface area contributed by atoms with E-state index < -0.39 is 0 Å².